The van der Waals surface area contributed by atoms with Crippen LogP contribution >= 0.6 is 94.1 Å². The Hall–Kier alpha value is -1.92. The Labute approximate surface area is 287 Å². The van der Waals surface area contributed by atoms with Crippen LogP contribution in [0.3, 0.4) is 0 Å². The van der Waals surface area contributed by atoms with Crippen LogP contribution in [0, 0.1) is 0 Å². The van der Waals surface area contributed by atoms with Gasteiger partial charge in [-0.25, -0.2) is 19.2 Å². The zero-order valence-corrected chi connectivity index (χ0v) is 29.7. The largest absolute Gasteiger partial charge is 0.465 e. The van der Waals surface area contributed by atoms with Crippen molar-refractivity contribution in [3.63, 3.8) is 0 Å². The molecule has 0 unspecified atom stereocenters. The van der Waals surface area contributed by atoms with Gasteiger partial charge in [-0.2, -0.15) is 0 Å². The van der Waals surface area contributed by atoms with E-state index >= 15 is 0 Å². The van der Waals surface area contributed by atoms with Gasteiger partial charge in [-0.1, -0.05) is 118 Å². The minimum atomic E-state index is -0.515. The third kappa shape index (κ3) is 7.22. The summed E-state index contributed by atoms with van der Waals surface area (Å²) in [6.07, 6.45) is 0. The van der Waals surface area contributed by atoms with Crippen molar-refractivity contribution in [1.29, 1.82) is 0 Å². The second kappa shape index (κ2) is 15.1. The van der Waals surface area contributed by atoms with Gasteiger partial charge in [0.2, 0.25) is 0 Å². The van der Waals surface area contributed by atoms with Gasteiger partial charge in [0, 0.05) is 19.6 Å². The Balaban J connectivity index is 0.000000175. The molecule has 4 heterocycles. The lowest BCUT2D eigenvalue weighted by Gasteiger charge is -2.00. The summed E-state index contributed by atoms with van der Waals surface area (Å²) in [5.74, 6) is -2.06. The average molecular weight is 741 g/mol. The lowest BCUT2D eigenvalue weighted by Crippen LogP contribution is -2.08. The fourth-order valence-corrected chi connectivity index (χ4v) is 14.1. The van der Waals surface area contributed by atoms with Crippen LogP contribution in [-0.4, -0.2) is 52.3 Å². The van der Waals surface area contributed by atoms with Crippen LogP contribution in [0.1, 0.15) is 0 Å². The maximum atomic E-state index is 11.9. The quantitative estimate of drug-likeness (QED) is 0.222. The summed E-state index contributed by atoms with van der Waals surface area (Å²) in [6.45, 7) is 0. The number of rotatable bonds is 4. The topological polar surface area (TPSA) is 105 Å². The normalized spacial score (nSPS) is 16.8. The molecule has 2 aromatic rings. The summed E-state index contributed by atoms with van der Waals surface area (Å²) in [5.41, 5.74) is 0. The van der Waals surface area contributed by atoms with Gasteiger partial charge >= 0.3 is 23.9 Å². The molecule has 6 rings (SSSR count). The lowest BCUT2D eigenvalue weighted by atomic mass is 10.4. The van der Waals surface area contributed by atoms with E-state index in [-0.39, 0.29) is 0 Å². The number of ether oxygens (including phenoxy) is 4. The molecule has 0 saturated carbocycles. The van der Waals surface area contributed by atoms with Gasteiger partial charge in [0.25, 0.3) is 0 Å². The van der Waals surface area contributed by atoms with Crippen molar-refractivity contribution in [2.24, 2.45) is 0 Å². The molecule has 2 aromatic carbocycles. The molecule has 0 aromatic heterocycles. The molecule has 0 aliphatic carbocycles. The maximum Gasteiger partial charge on any atom is 0.346 e. The van der Waals surface area contributed by atoms with Crippen molar-refractivity contribution in [2.75, 3.05) is 28.4 Å². The Bertz CT molecular complexity index is 1460. The van der Waals surface area contributed by atoms with E-state index in [4.69, 9.17) is 18.9 Å². The van der Waals surface area contributed by atoms with E-state index in [1.165, 1.54) is 95.1 Å². The van der Waals surface area contributed by atoms with E-state index < -0.39 is 23.9 Å². The van der Waals surface area contributed by atoms with Crippen LogP contribution in [0.4, 0.5) is 0 Å². The van der Waals surface area contributed by atoms with E-state index in [9.17, 15) is 19.2 Å². The number of fused-ring (bicyclic) bond motifs is 2. The minimum absolute atomic E-state index is 0.291. The molecule has 0 bridgehead atoms. The molecule has 8 nitrogen and oxygen atoms in total. The predicted octanol–water partition coefficient (Wildman–Crippen LogP) is 8.10. The van der Waals surface area contributed by atoms with Crippen molar-refractivity contribution in [3.05, 3.63) is 85.1 Å². The standard InChI is InChI=1S/2C14H10O4S4/c2*1-17-11(15)9-10(12(16)18-2)22-14(21-9)13-19-7-5-3-4-6-8(7)20-13/h2*3-6H,1-2H3. The van der Waals surface area contributed by atoms with Crippen molar-refractivity contribution in [1.82, 2.24) is 0 Å². The molecule has 4 aliphatic rings. The maximum absolute atomic E-state index is 11.9. The van der Waals surface area contributed by atoms with Crippen LogP contribution in [0.5, 0.6) is 0 Å². The zero-order valence-electron chi connectivity index (χ0n) is 23.2. The first kappa shape index (κ1) is 33.4. The van der Waals surface area contributed by atoms with Gasteiger partial charge in [0.05, 0.1) is 45.4 Å². The van der Waals surface area contributed by atoms with Crippen LogP contribution in [0.25, 0.3) is 0 Å². The number of benzene rings is 2. The van der Waals surface area contributed by atoms with Crippen LogP contribution in [-0.2, 0) is 38.1 Å². The molecule has 44 heavy (non-hydrogen) atoms. The molecular weight excluding hydrogens is 721 g/mol. The highest BCUT2D eigenvalue weighted by atomic mass is 32.2. The molecule has 0 radical (unpaired) electrons. The third-order valence-corrected chi connectivity index (χ3v) is 16.8. The van der Waals surface area contributed by atoms with Crippen molar-refractivity contribution in [3.8, 4) is 0 Å². The fraction of sp³-hybridized carbons (Fsp3) is 0.143. The van der Waals surface area contributed by atoms with Gasteiger partial charge in [0.15, 0.2) is 0 Å². The van der Waals surface area contributed by atoms with E-state index in [1.807, 2.05) is 24.3 Å². The highest BCUT2D eigenvalue weighted by Gasteiger charge is 2.37. The molecular formula is C28H20O8S8. The Morgan fingerprint density at radius 3 is 0.795 bits per heavy atom. The molecule has 0 atom stereocenters. The van der Waals surface area contributed by atoms with E-state index in [1.54, 1.807) is 47.0 Å². The molecule has 0 amide bonds. The summed E-state index contributed by atoms with van der Waals surface area (Å²) in [5, 5.41) is 0. The van der Waals surface area contributed by atoms with E-state index in [0.29, 0.717) is 19.6 Å². The molecule has 0 spiro atoms. The van der Waals surface area contributed by atoms with Crippen LogP contribution in [0.2, 0.25) is 0 Å². The number of carbonyl (C=O) groups excluding carboxylic acids is 4. The summed E-state index contributed by atoms with van der Waals surface area (Å²) < 4.78 is 23.0. The number of hydrogen-bond acceptors (Lipinski definition) is 16. The highest BCUT2D eigenvalue weighted by molar-refractivity contribution is 8.34. The number of carbonyl (C=O) groups is 4. The molecule has 0 saturated heterocycles. The van der Waals surface area contributed by atoms with Crippen molar-refractivity contribution >= 4 is 118 Å². The molecule has 16 heteroatoms. The Morgan fingerprint density at radius 1 is 0.386 bits per heavy atom. The first-order chi connectivity index (χ1) is 21.3. The summed E-state index contributed by atoms with van der Waals surface area (Å²) in [4.78, 5) is 53.4. The van der Waals surface area contributed by atoms with Gasteiger partial charge in [0.1, 0.15) is 19.6 Å². The minimum Gasteiger partial charge on any atom is -0.465 e. The van der Waals surface area contributed by atoms with Crippen LogP contribution < -0.4 is 0 Å². The first-order valence-electron chi connectivity index (χ1n) is 12.2. The van der Waals surface area contributed by atoms with E-state index in [0.717, 1.165) is 16.9 Å². The monoisotopic (exact) mass is 740 g/mol. The number of esters is 4. The Morgan fingerprint density at radius 2 is 0.591 bits per heavy atom. The summed E-state index contributed by atoms with van der Waals surface area (Å²) >= 11 is 11.7. The molecule has 0 fully saturated rings. The second-order valence-electron chi connectivity index (χ2n) is 8.14. The number of hydrogen-bond donors (Lipinski definition) is 0. The van der Waals surface area contributed by atoms with Crippen molar-refractivity contribution < 1.29 is 38.1 Å². The molecule has 0 N–H and O–H groups in total. The number of thioether (sulfide) groups is 8. The number of methoxy groups -OCH3 is 4. The second-order valence-corrected chi connectivity index (χ2v) is 17.5. The molecule has 4 aliphatic heterocycles. The van der Waals surface area contributed by atoms with E-state index in [2.05, 4.69) is 24.3 Å². The zero-order chi connectivity index (χ0) is 31.4. The van der Waals surface area contributed by atoms with Gasteiger partial charge in [-0.05, 0) is 24.3 Å². The lowest BCUT2D eigenvalue weighted by molar-refractivity contribution is -0.138. The van der Waals surface area contributed by atoms with Crippen LogP contribution in [0.15, 0.2) is 105 Å². The van der Waals surface area contributed by atoms with Crippen molar-refractivity contribution in [2.45, 2.75) is 19.6 Å². The summed E-state index contributed by atoms with van der Waals surface area (Å²) in [6, 6.07) is 16.2. The first-order valence-corrected chi connectivity index (χ1v) is 18.7. The Kier molecular flexibility index (Phi) is 11.5. The SMILES string of the molecule is COC(=O)C1=C(C(=O)OC)SC(=C2Sc3ccccc3S2)S1.COC(=O)C1=C(C(=O)OC)SC(=C2Sc3ccccc3S2)S1. The summed E-state index contributed by atoms with van der Waals surface area (Å²) in [7, 11) is 5.20. The van der Waals surface area contributed by atoms with Gasteiger partial charge in [-0.15, -0.1) is 0 Å². The van der Waals surface area contributed by atoms with Gasteiger partial charge < -0.3 is 18.9 Å². The average Bonchev–Trinajstić information content (AvgIpc) is 3.86. The predicted molar refractivity (Wildman–Crippen MR) is 183 cm³/mol. The smallest absolute Gasteiger partial charge is 0.346 e. The highest BCUT2D eigenvalue weighted by Crippen LogP contribution is 2.62. The molecule has 228 valence electrons. The third-order valence-electron chi connectivity index (χ3n) is 5.52. The fourth-order valence-electron chi connectivity index (χ4n) is 3.52. The van der Waals surface area contributed by atoms with Gasteiger partial charge in [-0.3, -0.25) is 0 Å².